The molecule has 27 heavy (non-hydrogen) atoms. The van der Waals surface area contributed by atoms with Gasteiger partial charge in [0.1, 0.15) is 5.75 Å². The van der Waals surface area contributed by atoms with Gasteiger partial charge in [0, 0.05) is 54.9 Å². The summed E-state index contributed by atoms with van der Waals surface area (Å²) in [5.74, 6) is 0.586. The molecule has 140 valence electrons. The normalized spacial score (nSPS) is 14.6. The van der Waals surface area contributed by atoms with Gasteiger partial charge in [-0.05, 0) is 24.1 Å². The standard InChI is InChI=1S/C21H24N4O2/c1-27-20-13-18(7-8-19(20)17(14-22)15-23)25-12-11-24(21(25)26)10-9-16-5-3-2-4-6-16/h2-8,13-15,22H,9-12,23H2,1H3/b17-15+,22-14?. The van der Waals surface area contributed by atoms with Gasteiger partial charge in [0.2, 0.25) is 0 Å². The maximum absolute atomic E-state index is 12.8. The molecule has 0 radical (unpaired) electrons. The Morgan fingerprint density at radius 2 is 2.00 bits per heavy atom. The predicted octanol–water partition coefficient (Wildman–Crippen LogP) is 3.13. The lowest BCUT2D eigenvalue weighted by Gasteiger charge is -2.20. The van der Waals surface area contributed by atoms with E-state index in [0.717, 1.165) is 17.7 Å². The van der Waals surface area contributed by atoms with Crippen molar-refractivity contribution in [3.8, 4) is 5.75 Å². The quantitative estimate of drug-likeness (QED) is 0.741. The van der Waals surface area contributed by atoms with Gasteiger partial charge in [-0.1, -0.05) is 30.3 Å². The minimum atomic E-state index is 0.00220. The number of benzene rings is 2. The Hall–Kier alpha value is -3.28. The molecule has 0 saturated carbocycles. The second kappa shape index (κ2) is 8.40. The first-order chi connectivity index (χ1) is 13.2. The van der Waals surface area contributed by atoms with E-state index in [1.807, 2.05) is 41.3 Å². The van der Waals surface area contributed by atoms with Crippen molar-refractivity contribution in [3.05, 3.63) is 65.9 Å². The number of allylic oxidation sites excluding steroid dienone is 1. The van der Waals surface area contributed by atoms with Crippen LogP contribution in [0.3, 0.4) is 0 Å². The highest BCUT2D eigenvalue weighted by atomic mass is 16.5. The summed E-state index contributed by atoms with van der Waals surface area (Å²) in [6.07, 6.45) is 3.40. The van der Waals surface area contributed by atoms with Crippen LogP contribution in [0, 0.1) is 5.41 Å². The number of rotatable bonds is 7. The molecule has 0 spiro atoms. The Balaban J connectivity index is 1.73. The van der Waals surface area contributed by atoms with E-state index < -0.39 is 0 Å². The van der Waals surface area contributed by atoms with Crippen LogP contribution in [0.25, 0.3) is 5.57 Å². The fourth-order valence-electron chi connectivity index (χ4n) is 3.24. The summed E-state index contributed by atoms with van der Waals surface area (Å²) in [7, 11) is 1.57. The highest BCUT2D eigenvalue weighted by molar-refractivity contribution is 6.09. The number of ether oxygens (including phenoxy) is 1. The van der Waals surface area contributed by atoms with Crippen LogP contribution in [-0.4, -0.2) is 43.9 Å². The minimum absolute atomic E-state index is 0.00220. The van der Waals surface area contributed by atoms with Crippen molar-refractivity contribution in [2.45, 2.75) is 6.42 Å². The van der Waals surface area contributed by atoms with E-state index in [1.165, 1.54) is 18.0 Å². The molecule has 2 amide bonds. The number of amides is 2. The van der Waals surface area contributed by atoms with Gasteiger partial charge >= 0.3 is 6.03 Å². The number of nitrogens with two attached hydrogens (primary N) is 1. The molecule has 1 heterocycles. The van der Waals surface area contributed by atoms with Crippen LogP contribution in [0.2, 0.25) is 0 Å². The molecule has 0 aromatic heterocycles. The molecule has 1 aliphatic heterocycles. The Kier molecular flexibility index (Phi) is 5.76. The van der Waals surface area contributed by atoms with E-state index in [4.69, 9.17) is 15.9 Å². The van der Waals surface area contributed by atoms with Crippen LogP contribution in [0.1, 0.15) is 11.1 Å². The molecule has 1 saturated heterocycles. The lowest BCUT2D eigenvalue weighted by atomic mass is 10.1. The second-order valence-corrected chi connectivity index (χ2v) is 6.31. The van der Waals surface area contributed by atoms with Crippen LogP contribution < -0.4 is 15.4 Å². The summed E-state index contributed by atoms with van der Waals surface area (Å²) in [5, 5.41) is 7.47. The number of urea groups is 1. The maximum Gasteiger partial charge on any atom is 0.324 e. The molecule has 1 fully saturated rings. The molecule has 2 aromatic rings. The van der Waals surface area contributed by atoms with Crippen molar-refractivity contribution in [2.75, 3.05) is 31.6 Å². The van der Waals surface area contributed by atoms with E-state index >= 15 is 0 Å². The first-order valence-electron chi connectivity index (χ1n) is 8.89. The van der Waals surface area contributed by atoms with E-state index in [1.54, 1.807) is 12.0 Å². The summed E-state index contributed by atoms with van der Waals surface area (Å²) in [4.78, 5) is 16.4. The number of methoxy groups -OCH3 is 1. The Morgan fingerprint density at radius 3 is 2.67 bits per heavy atom. The zero-order chi connectivity index (χ0) is 19.2. The molecule has 0 aliphatic carbocycles. The molecular formula is C21H24N4O2. The summed E-state index contributed by atoms with van der Waals surface area (Å²) in [5.41, 5.74) is 8.88. The van der Waals surface area contributed by atoms with E-state index in [-0.39, 0.29) is 6.03 Å². The fourth-order valence-corrected chi connectivity index (χ4v) is 3.24. The maximum atomic E-state index is 12.8. The molecule has 3 N–H and O–H groups in total. The smallest absolute Gasteiger partial charge is 0.324 e. The Morgan fingerprint density at radius 1 is 1.22 bits per heavy atom. The highest BCUT2D eigenvalue weighted by Gasteiger charge is 2.29. The minimum Gasteiger partial charge on any atom is -0.496 e. The van der Waals surface area contributed by atoms with Crippen molar-refractivity contribution in [3.63, 3.8) is 0 Å². The summed E-state index contributed by atoms with van der Waals surface area (Å²) in [6.45, 7) is 2.03. The van der Waals surface area contributed by atoms with Crippen molar-refractivity contribution in [1.82, 2.24) is 4.90 Å². The van der Waals surface area contributed by atoms with Crippen molar-refractivity contribution >= 4 is 23.5 Å². The third-order valence-corrected chi connectivity index (χ3v) is 4.75. The molecule has 3 rings (SSSR count). The number of hydrogen-bond acceptors (Lipinski definition) is 4. The average Bonchev–Trinajstić information content (AvgIpc) is 3.08. The van der Waals surface area contributed by atoms with Crippen molar-refractivity contribution < 1.29 is 9.53 Å². The molecular weight excluding hydrogens is 340 g/mol. The van der Waals surface area contributed by atoms with E-state index in [9.17, 15) is 4.79 Å². The molecule has 1 aliphatic rings. The fraction of sp³-hybridized carbons (Fsp3) is 0.238. The van der Waals surface area contributed by atoms with Crippen LogP contribution in [-0.2, 0) is 6.42 Å². The zero-order valence-corrected chi connectivity index (χ0v) is 15.4. The van der Waals surface area contributed by atoms with Crippen LogP contribution in [0.4, 0.5) is 10.5 Å². The Bertz CT molecular complexity index is 849. The van der Waals surface area contributed by atoms with Gasteiger partial charge in [0.25, 0.3) is 0 Å². The summed E-state index contributed by atoms with van der Waals surface area (Å²) >= 11 is 0. The topological polar surface area (TPSA) is 82.7 Å². The van der Waals surface area contributed by atoms with Crippen molar-refractivity contribution in [2.24, 2.45) is 5.73 Å². The third kappa shape index (κ3) is 3.95. The molecule has 6 nitrogen and oxygen atoms in total. The second-order valence-electron chi connectivity index (χ2n) is 6.31. The largest absolute Gasteiger partial charge is 0.496 e. The van der Waals surface area contributed by atoms with Crippen LogP contribution >= 0.6 is 0 Å². The van der Waals surface area contributed by atoms with Gasteiger partial charge in [-0.15, -0.1) is 0 Å². The van der Waals surface area contributed by atoms with Gasteiger partial charge in [0.15, 0.2) is 0 Å². The van der Waals surface area contributed by atoms with Gasteiger partial charge in [-0.25, -0.2) is 4.79 Å². The first kappa shape index (κ1) is 18.5. The third-order valence-electron chi connectivity index (χ3n) is 4.75. The molecule has 2 aromatic carbocycles. The first-order valence-corrected chi connectivity index (χ1v) is 8.89. The summed E-state index contributed by atoms with van der Waals surface area (Å²) < 4.78 is 5.45. The monoisotopic (exact) mass is 364 g/mol. The Labute approximate surface area is 159 Å². The molecule has 0 bridgehead atoms. The van der Waals surface area contributed by atoms with E-state index in [2.05, 4.69) is 12.1 Å². The average molecular weight is 364 g/mol. The molecule has 6 heteroatoms. The SMILES string of the molecule is COc1cc(N2CCN(CCc3ccccc3)C2=O)ccc1/C(C=N)=C/N. The number of nitrogens with zero attached hydrogens (tertiary/aromatic N) is 2. The number of nitrogens with one attached hydrogen (secondary N) is 1. The molecule has 0 unspecified atom stereocenters. The highest BCUT2D eigenvalue weighted by Crippen LogP contribution is 2.31. The summed E-state index contributed by atoms with van der Waals surface area (Å²) in [6, 6.07) is 15.7. The predicted molar refractivity (Wildman–Crippen MR) is 108 cm³/mol. The zero-order valence-electron chi connectivity index (χ0n) is 15.4. The number of hydrogen-bond donors (Lipinski definition) is 2. The lowest BCUT2D eigenvalue weighted by Crippen LogP contribution is -2.33. The number of carbonyl (C=O) groups is 1. The van der Waals surface area contributed by atoms with Gasteiger partial charge in [-0.2, -0.15) is 0 Å². The van der Waals surface area contributed by atoms with Gasteiger partial charge < -0.3 is 20.8 Å². The van der Waals surface area contributed by atoms with Crippen LogP contribution in [0.15, 0.2) is 54.7 Å². The van der Waals surface area contributed by atoms with Gasteiger partial charge in [-0.3, -0.25) is 4.90 Å². The van der Waals surface area contributed by atoms with Crippen molar-refractivity contribution in [1.29, 1.82) is 5.41 Å². The lowest BCUT2D eigenvalue weighted by molar-refractivity contribution is 0.221. The van der Waals surface area contributed by atoms with E-state index in [0.29, 0.717) is 31.0 Å². The van der Waals surface area contributed by atoms with Gasteiger partial charge in [0.05, 0.1) is 7.11 Å². The molecule has 0 atom stereocenters. The number of carbonyl (C=O) groups excluding carboxylic acids is 1. The number of anilines is 1. The van der Waals surface area contributed by atoms with Crippen LogP contribution in [0.5, 0.6) is 5.75 Å².